The van der Waals surface area contributed by atoms with Crippen LogP contribution in [0.2, 0.25) is 0 Å². The van der Waals surface area contributed by atoms with Crippen LogP contribution in [0.3, 0.4) is 0 Å². The molecule has 0 atom stereocenters. The van der Waals surface area contributed by atoms with Crippen molar-refractivity contribution >= 4 is 28.6 Å². The summed E-state index contributed by atoms with van der Waals surface area (Å²) in [4.78, 5) is 32.6. The van der Waals surface area contributed by atoms with Crippen molar-refractivity contribution in [1.29, 1.82) is 0 Å². The monoisotopic (exact) mass is 456 g/mol. The van der Waals surface area contributed by atoms with E-state index in [1.165, 1.54) is 17.7 Å². The van der Waals surface area contributed by atoms with E-state index in [2.05, 4.69) is 30.4 Å². The van der Waals surface area contributed by atoms with Gasteiger partial charge in [0.05, 0.1) is 12.1 Å². The summed E-state index contributed by atoms with van der Waals surface area (Å²) in [5.41, 5.74) is 4.08. The van der Waals surface area contributed by atoms with E-state index in [9.17, 15) is 4.79 Å². The number of thiazole rings is 1. The van der Waals surface area contributed by atoms with Gasteiger partial charge < -0.3 is 10.2 Å². The molecule has 0 saturated carbocycles. The highest BCUT2D eigenvalue weighted by Gasteiger charge is 2.11. The first-order chi connectivity index (χ1) is 16.1. The van der Waals surface area contributed by atoms with Gasteiger partial charge in [-0.25, -0.2) is 24.5 Å². The number of carbonyl (C=O) groups is 1. The zero-order valence-electron chi connectivity index (χ0n) is 18.0. The molecule has 0 spiro atoms. The van der Waals surface area contributed by atoms with E-state index in [0.29, 0.717) is 23.6 Å². The number of anilines is 1. The SMILES string of the molecule is CN(C)c1ccc(C(=O)NCc2cnc(-c3ccn4nc(-c5cncnc5)nc4c3)s2)cc1. The van der Waals surface area contributed by atoms with Gasteiger partial charge in [0.1, 0.15) is 11.3 Å². The minimum absolute atomic E-state index is 0.113. The molecule has 0 fully saturated rings. The maximum absolute atomic E-state index is 12.5. The van der Waals surface area contributed by atoms with E-state index < -0.39 is 0 Å². The van der Waals surface area contributed by atoms with Gasteiger partial charge in [-0.3, -0.25) is 4.79 Å². The number of rotatable bonds is 6. The van der Waals surface area contributed by atoms with Crippen molar-refractivity contribution in [2.45, 2.75) is 6.54 Å². The molecule has 5 aromatic rings. The Kier molecular flexibility index (Phi) is 5.49. The largest absolute Gasteiger partial charge is 0.378 e. The highest BCUT2D eigenvalue weighted by Crippen LogP contribution is 2.26. The second kappa shape index (κ2) is 8.75. The number of pyridine rings is 1. The van der Waals surface area contributed by atoms with Crippen molar-refractivity contribution in [3.63, 3.8) is 0 Å². The Hall–Kier alpha value is -4.18. The first kappa shape index (κ1) is 20.7. The summed E-state index contributed by atoms with van der Waals surface area (Å²) in [6.07, 6.45) is 8.48. The Morgan fingerprint density at radius 1 is 1.06 bits per heavy atom. The van der Waals surface area contributed by atoms with E-state index in [1.54, 1.807) is 23.1 Å². The summed E-state index contributed by atoms with van der Waals surface area (Å²) >= 11 is 1.53. The highest BCUT2D eigenvalue weighted by atomic mass is 32.1. The molecule has 33 heavy (non-hydrogen) atoms. The Morgan fingerprint density at radius 3 is 2.61 bits per heavy atom. The quantitative estimate of drug-likeness (QED) is 0.418. The number of aromatic nitrogens is 6. The Morgan fingerprint density at radius 2 is 1.85 bits per heavy atom. The second-order valence-corrected chi connectivity index (χ2v) is 8.65. The average molecular weight is 457 g/mol. The number of carbonyl (C=O) groups excluding carboxylic acids is 1. The fourth-order valence-corrected chi connectivity index (χ4v) is 4.10. The third-order valence-electron chi connectivity index (χ3n) is 5.03. The summed E-state index contributed by atoms with van der Waals surface area (Å²) in [7, 11) is 3.93. The molecule has 1 amide bonds. The van der Waals surface area contributed by atoms with Gasteiger partial charge in [-0.15, -0.1) is 16.4 Å². The van der Waals surface area contributed by atoms with Gasteiger partial charge in [-0.2, -0.15) is 0 Å². The van der Waals surface area contributed by atoms with Crippen LogP contribution in [-0.4, -0.2) is 49.6 Å². The van der Waals surface area contributed by atoms with Crippen LogP contribution in [-0.2, 0) is 6.54 Å². The minimum Gasteiger partial charge on any atom is -0.378 e. The van der Waals surface area contributed by atoms with Crippen molar-refractivity contribution in [3.8, 4) is 22.0 Å². The van der Waals surface area contributed by atoms with Crippen molar-refractivity contribution in [2.75, 3.05) is 19.0 Å². The topological polar surface area (TPSA) is 101 Å². The number of hydrogen-bond acceptors (Lipinski definition) is 8. The standard InChI is InChI=1S/C23H20N8OS/c1-30(2)18-5-3-15(4-6-18)22(32)26-12-19-13-27-23(33-19)16-7-8-31-20(9-16)28-21(29-31)17-10-24-14-25-11-17/h3-11,13-14H,12H2,1-2H3,(H,26,32). The summed E-state index contributed by atoms with van der Waals surface area (Å²) in [6.45, 7) is 0.414. The maximum Gasteiger partial charge on any atom is 0.251 e. The molecule has 4 aromatic heterocycles. The number of benzene rings is 1. The molecule has 1 aromatic carbocycles. The molecule has 0 unspecified atom stereocenters. The molecule has 9 nitrogen and oxygen atoms in total. The lowest BCUT2D eigenvalue weighted by atomic mass is 10.2. The van der Waals surface area contributed by atoms with Gasteiger partial charge in [0.25, 0.3) is 5.91 Å². The lowest BCUT2D eigenvalue weighted by Gasteiger charge is -2.12. The lowest BCUT2D eigenvalue weighted by Crippen LogP contribution is -2.22. The van der Waals surface area contributed by atoms with Crippen LogP contribution in [0.5, 0.6) is 0 Å². The van der Waals surface area contributed by atoms with Crippen LogP contribution < -0.4 is 10.2 Å². The van der Waals surface area contributed by atoms with E-state index >= 15 is 0 Å². The molecular weight excluding hydrogens is 436 g/mol. The Bertz CT molecular complexity index is 1410. The predicted molar refractivity (Wildman–Crippen MR) is 127 cm³/mol. The Balaban J connectivity index is 1.28. The molecule has 0 saturated heterocycles. The van der Waals surface area contributed by atoms with Gasteiger partial charge in [-0.1, -0.05) is 0 Å². The molecular formula is C23H20N8OS. The first-order valence-electron chi connectivity index (χ1n) is 10.2. The van der Waals surface area contributed by atoms with Crippen molar-refractivity contribution in [1.82, 2.24) is 34.9 Å². The summed E-state index contributed by atoms with van der Waals surface area (Å²) in [5, 5.41) is 8.28. The molecule has 0 aliphatic carbocycles. The summed E-state index contributed by atoms with van der Waals surface area (Å²) < 4.78 is 1.71. The number of hydrogen-bond donors (Lipinski definition) is 1. The minimum atomic E-state index is -0.113. The van der Waals surface area contributed by atoms with E-state index in [-0.39, 0.29) is 5.91 Å². The summed E-state index contributed by atoms with van der Waals surface area (Å²) in [5.74, 6) is 0.450. The van der Waals surface area contributed by atoms with Crippen molar-refractivity contribution in [2.24, 2.45) is 0 Å². The fraction of sp³-hybridized carbons (Fsp3) is 0.130. The molecule has 0 radical (unpaired) electrons. The molecule has 0 aliphatic rings. The van der Waals surface area contributed by atoms with E-state index in [1.807, 2.05) is 61.6 Å². The number of nitrogens with zero attached hydrogens (tertiary/aromatic N) is 7. The average Bonchev–Trinajstić information content (AvgIpc) is 3.50. The smallest absolute Gasteiger partial charge is 0.251 e. The maximum atomic E-state index is 12.5. The molecule has 164 valence electrons. The molecule has 0 bridgehead atoms. The normalized spacial score (nSPS) is 11.0. The van der Waals surface area contributed by atoms with Crippen molar-refractivity contribution in [3.05, 3.63) is 78.0 Å². The van der Waals surface area contributed by atoms with Crippen LogP contribution in [0.4, 0.5) is 5.69 Å². The summed E-state index contributed by atoms with van der Waals surface area (Å²) in [6, 6.07) is 11.4. The zero-order valence-corrected chi connectivity index (χ0v) is 18.8. The molecule has 1 N–H and O–H groups in total. The molecule has 5 rings (SSSR count). The molecule has 4 heterocycles. The fourth-order valence-electron chi connectivity index (χ4n) is 3.25. The lowest BCUT2D eigenvalue weighted by molar-refractivity contribution is 0.0951. The zero-order chi connectivity index (χ0) is 22.8. The highest BCUT2D eigenvalue weighted by molar-refractivity contribution is 7.15. The van der Waals surface area contributed by atoms with Gasteiger partial charge in [-0.05, 0) is 36.4 Å². The van der Waals surface area contributed by atoms with Crippen molar-refractivity contribution < 1.29 is 4.79 Å². The Labute approximate surface area is 193 Å². The van der Waals surface area contributed by atoms with Gasteiger partial charge >= 0.3 is 0 Å². The number of fused-ring (bicyclic) bond motifs is 1. The first-order valence-corrected chi connectivity index (χ1v) is 11.0. The number of amides is 1. The van der Waals surface area contributed by atoms with Gasteiger partial charge in [0.15, 0.2) is 11.5 Å². The van der Waals surface area contributed by atoms with E-state index in [0.717, 1.165) is 26.7 Å². The third-order valence-corrected chi connectivity index (χ3v) is 6.07. The van der Waals surface area contributed by atoms with Gasteiger partial charge in [0.2, 0.25) is 0 Å². The molecule has 10 heteroatoms. The predicted octanol–water partition coefficient (Wildman–Crippen LogP) is 3.31. The van der Waals surface area contributed by atoms with Crippen LogP contribution in [0, 0.1) is 0 Å². The van der Waals surface area contributed by atoms with Crippen LogP contribution in [0.15, 0.2) is 67.5 Å². The van der Waals surface area contributed by atoms with Crippen LogP contribution in [0.25, 0.3) is 27.6 Å². The van der Waals surface area contributed by atoms with Crippen LogP contribution >= 0.6 is 11.3 Å². The van der Waals surface area contributed by atoms with Crippen LogP contribution in [0.1, 0.15) is 15.2 Å². The van der Waals surface area contributed by atoms with E-state index in [4.69, 9.17) is 0 Å². The molecule has 0 aliphatic heterocycles. The third kappa shape index (κ3) is 4.41. The van der Waals surface area contributed by atoms with Gasteiger partial charge in [0, 0.05) is 60.6 Å². The number of nitrogens with one attached hydrogen (secondary N) is 1. The second-order valence-electron chi connectivity index (χ2n) is 7.54.